The van der Waals surface area contributed by atoms with E-state index in [9.17, 15) is 16.8 Å². The average Bonchev–Trinajstić information content (AvgIpc) is 2.17. The van der Waals surface area contributed by atoms with E-state index in [1.165, 1.54) is 6.26 Å². The number of hydrogen-bond acceptors (Lipinski definition) is 5. The highest BCUT2D eigenvalue weighted by Crippen LogP contribution is 2.21. The largest absolute Gasteiger partial charge is 0.382 e. The van der Waals surface area contributed by atoms with Crippen LogP contribution in [0.5, 0.6) is 0 Å². The maximum atomic E-state index is 11.2. The SMILES string of the molecule is Cc1cc(NC(C)CS(C)(=O)=O)ccc1NS(C)(=O)=O. The Morgan fingerprint density at radius 3 is 2.20 bits per heavy atom. The topological polar surface area (TPSA) is 92.3 Å². The van der Waals surface area contributed by atoms with Crippen LogP contribution in [0.3, 0.4) is 0 Å². The number of aryl methyl sites for hydroxylation is 1. The molecular weight excluding hydrogens is 300 g/mol. The van der Waals surface area contributed by atoms with Crippen molar-refractivity contribution in [1.29, 1.82) is 0 Å². The van der Waals surface area contributed by atoms with E-state index in [4.69, 9.17) is 0 Å². The summed E-state index contributed by atoms with van der Waals surface area (Å²) in [6, 6.07) is 4.90. The summed E-state index contributed by atoms with van der Waals surface area (Å²) in [6.45, 7) is 3.55. The van der Waals surface area contributed by atoms with Crippen LogP contribution in [-0.4, -0.2) is 41.1 Å². The standard InChI is InChI=1S/C12H20N2O4S2/c1-9-7-11(13-10(2)8-19(3,15)16)5-6-12(9)14-20(4,17)18/h5-7,10,13-14H,8H2,1-4H3. The Balaban J connectivity index is 2.83. The Morgan fingerprint density at radius 1 is 1.15 bits per heavy atom. The summed E-state index contributed by atoms with van der Waals surface area (Å²) >= 11 is 0. The van der Waals surface area contributed by atoms with E-state index in [0.717, 1.165) is 17.5 Å². The quantitative estimate of drug-likeness (QED) is 0.822. The molecule has 0 radical (unpaired) electrons. The van der Waals surface area contributed by atoms with Gasteiger partial charge in [0.2, 0.25) is 10.0 Å². The summed E-state index contributed by atoms with van der Waals surface area (Å²) in [5.74, 6) is 0.0371. The van der Waals surface area contributed by atoms with Crippen LogP contribution < -0.4 is 10.0 Å². The van der Waals surface area contributed by atoms with Crippen molar-refractivity contribution in [2.75, 3.05) is 28.3 Å². The lowest BCUT2D eigenvalue weighted by Gasteiger charge is -2.16. The van der Waals surface area contributed by atoms with Gasteiger partial charge >= 0.3 is 0 Å². The minimum atomic E-state index is -3.31. The molecule has 0 amide bonds. The van der Waals surface area contributed by atoms with E-state index in [1.807, 2.05) is 0 Å². The summed E-state index contributed by atoms with van der Waals surface area (Å²) in [6.07, 6.45) is 2.28. The Kier molecular flexibility index (Phi) is 5.04. The number of hydrogen-bond donors (Lipinski definition) is 2. The van der Waals surface area contributed by atoms with E-state index in [-0.39, 0.29) is 11.8 Å². The Labute approximate surface area is 120 Å². The van der Waals surface area contributed by atoms with Crippen LogP contribution in [0, 0.1) is 6.92 Å². The highest BCUT2D eigenvalue weighted by Gasteiger charge is 2.11. The smallest absolute Gasteiger partial charge is 0.229 e. The van der Waals surface area contributed by atoms with Gasteiger partial charge in [-0.15, -0.1) is 0 Å². The fourth-order valence-electron chi connectivity index (χ4n) is 1.85. The van der Waals surface area contributed by atoms with Gasteiger partial charge in [-0.05, 0) is 37.6 Å². The molecule has 1 atom stereocenters. The molecule has 0 fully saturated rings. The number of sulfone groups is 1. The van der Waals surface area contributed by atoms with Gasteiger partial charge in [-0.3, -0.25) is 4.72 Å². The third kappa shape index (κ3) is 6.25. The fourth-order valence-corrected chi connectivity index (χ4v) is 3.47. The van der Waals surface area contributed by atoms with E-state index >= 15 is 0 Å². The number of sulfonamides is 1. The van der Waals surface area contributed by atoms with Gasteiger partial charge in [-0.1, -0.05) is 0 Å². The lowest BCUT2D eigenvalue weighted by atomic mass is 10.2. The van der Waals surface area contributed by atoms with Gasteiger partial charge in [0.25, 0.3) is 0 Å². The molecule has 0 aliphatic carbocycles. The molecule has 1 aromatic rings. The third-order valence-electron chi connectivity index (χ3n) is 2.49. The zero-order valence-electron chi connectivity index (χ0n) is 12.0. The first-order valence-corrected chi connectivity index (χ1v) is 9.94. The first kappa shape index (κ1) is 16.8. The van der Waals surface area contributed by atoms with Gasteiger partial charge in [0.1, 0.15) is 9.84 Å². The van der Waals surface area contributed by atoms with Crippen molar-refractivity contribution in [2.24, 2.45) is 0 Å². The highest BCUT2D eigenvalue weighted by molar-refractivity contribution is 7.92. The van der Waals surface area contributed by atoms with E-state index in [0.29, 0.717) is 5.69 Å². The molecule has 114 valence electrons. The van der Waals surface area contributed by atoms with Crippen LogP contribution in [0.15, 0.2) is 18.2 Å². The molecule has 0 aromatic heterocycles. The molecule has 20 heavy (non-hydrogen) atoms. The average molecular weight is 320 g/mol. The van der Waals surface area contributed by atoms with Gasteiger partial charge in [-0.2, -0.15) is 0 Å². The minimum Gasteiger partial charge on any atom is -0.382 e. The fraction of sp³-hybridized carbons (Fsp3) is 0.500. The summed E-state index contributed by atoms with van der Waals surface area (Å²) in [5.41, 5.74) is 2.01. The maximum Gasteiger partial charge on any atom is 0.229 e. The number of nitrogens with one attached hydrogen (secondary N) is 2. The first-order valence-electron chi connectivity index (χ1n) is 5.99. The lowest BCUT2D eigenvalue weighted by molar-refractivity contribution is 0.597. The molecule has 0 aliphatic heterocycles. The maximum absolute atomic E-state index is 11.2. The molecule has 0 aliphatic rings. The normalized spacial score (nSPS) is 13.8. The Morgan fingerprint density at radius 2 is 1.75 bits per heavy atom. The van der Waals surface area contributed by atoms with Gasteiger partial charge < -0.3 is 5.32 Å². The van der Waals surface area contributed by atoms with E-state index in [2.05, 4.69) is 10.0 Å². The summed E-state index contributed by atoms with van der Waals surface area (Å²) in [5, 5.41) is 3.07. The van der Waals surface area contributed by atoms with Gasteiger partial charge in [0, 0.05) is 18.0 Å². The number of benzene rings is 1. The summed E-state index contributed by atoms with van der Waals surface area (Å²) < 4.78 is 47.2. The van der Waals surface area contributed by atoms with Crippen LogP contribution in [-0.2, 0) is 19.9 Å². The van der Waals surface area contributed by atoms with Crippen LogP contribution in [0.4, 0.5) is 11.4 Å². The molecule has 0 heterocycles. The molecule has 8 heteroatoms. The molecule has 2 N–H and O–H groups in total. The van der Waals surface area contributed by atoms with Crippen molar-refractivity contribution in [3.8, 4) is 0 Å². The third-order valence-corrected chi connectivity index (χ3v) is 4.18. The second-order valence-corrected chi connectivity index (χ2v) is 8.98. The zero-order valence-corrected chi connectivity index (χ0v) is 13.6. The molecule has 0 saturated heterocycles. The van der Waals surface area contributed by atoms with E-state index < -0.39 is 19.9 Å². The lowest BCUT2D eigenvalue weighted by Crippen LogP contribution is -2.25. The van der Waals surface area contributed by atoms with Gasteiger partial charge in [0.15, 0.2) is 0 Å². The molecule has 1 rings (SSSR count). The molecular formula is C12H20N2O4S2. The molecule has 0 saturated carbocycles. The second kappa shape index (κ2) is 6.01. The first-order chi connectivity index (χ1) is 8.96. The van der Waals surface area contributed by atoms with E-state index in [1.54, 1.807) is 32.0 Å². The van der Waals surface area contributed by atoms with Crippen LogP contribution in [0.25, 0.3) is 0 Å². The molecule has 1 unspecified atom stereocenters. The molecule has 6 nitrogen and oxygen atoms in total. The molecule has 0 bridgehead atoms. The predicted octanol–water partition coefficient (Wildman–Crippen LogP) is 1.21. The van der Waals surface area contributed by atoms with Crippen molar-refractivity contribution < 1.29 is 16.8 Å². The minimum absolute atomic E-state index is 0.0371. The predicted molar refractivity (Wildman–Crippen MR) is 82.4 cm³/mol. The van der Waals surface area contributed by atoms with Crippen molar-refractivity contribution in [1.82, 2.24) is 0 Å². The van der Waals surface area contributed by atoms with Crippen LogP contribution in [0.1, 0.15) is 12.5 Å². The number of rotatable bonds is 6. The molecule has 1 aromatic carbocycles. The van der Waals surface area contributed by atoms with Crippen molar-refractivity contribution >= 4 is 31.2 Å². The van der Waals surface area contributed by atoms with Gasteiger partial charge in [-0.25, -0.2) is 16.8 Å². The van der Waals surface area contributed by atoms with Gasteiger partial charge in [0.05, 0.1) is 17.7 Å². The zero-order chi connectivity index (χ0) is 15.6. The van der Waals surface area contributed by atoms with Crippen molar-refractivity contribution in [2.45, 2.75) is 19.9 Å². The monoisotopic (exact) mass is 320 g/mol. The van der Waals surface area contributed by atoms with Crippen LogP contribution >= 0.6 is 0 Å². The summed E-state index contributed by atoms with van der Waals surface area (Å²) in [4.78, 5) is 0. The Hall–Kier alpha value is -1.28. The van der Waals surface area contributed by atoms with Crippen LogP contribution in [0.2, 0.25) is 0 Å². The van der Waals surface area contributed by atoms with Crippen molar-refractivity contribution in [3.63, 3.8) is 0 Å². The summed E-state index contributed by atoms with van der Waals surface area (Å²) in [7, 11) is -6.35. The number of anilines is 2. The second-order valence-electron chi connectivity index (χ2n) is 5.04. The van der Waals surface area contributed by atoms with Crippen molar-refractivity contribution in [3.05, 3.63) is 23.8 Å². The molecule has 0 spiro atoms. The Bertz CT molecular complexity index is 681. The highest BCUT2D eigenvalue weighted by atomic mass is 32.2.